The highest BCUT2D eigenvalue weighted by Gasteiger charge is 2.66. The molecule has 2 saturated carbocycles. The molecular formula is C22H34IN3O4. The fraction of sp³-hybridized carbons (Fsp3) is 0.682. The van der Waals surface area contributed by atoms with Crippen LogP contribution >= 0.6 is 24.0 Å². The lowest BCUT2D eigenvalue weighted by atomic mass is 9.46. The van der Waals surface area contributed by atoms with Crippen LogP contribution in [0.4, 0.5) is 0 Å². The monoisotopic (exact) mass is 531 g/mol. The number of benzene rings is 1. The standard InChI is InChI=1S/C22H33N3O4.HI/c1-5-23-21(25-19-15-7-10-29-20(15)22(19)8-6-9-22)24-13-14-11-16(26-2)18(28-4)17(12-14)27-3;/h11-12,15,19-20H,5-10,13H2,1-4H3,(H2,23,24,25);1H. The Morgan fingerprint density at radius 3 is 2.40 bits per heavy atom. The summed E-state index contributed by atoms with van der Waals surface area (Å²) in [5.41, 5.74) is 1.33. The third-order valence-corrected chi connectivity index (χ3v) is 6.82. The summed E-state index contributed by atoms with van der Waals surface area (Å²) in [5, 5.41) is 7.15. The average Bonchev–Trinajstić information content (AvgIpc) is 3.12. The molecule has 168 valence electrons. The van der Waals surface area contributed by atoms with Crippen LogP contribution in [0.25, 0.3) is 0 Å². The molecule has 3 aliphatic rings. The first-order valence-corrected chi connectivity index (χ1v) is 10.6. The minimum Gasteiger partial charge on any atom is -0.493 e. The van der Waals surface area contributed by atoms with Gasteiger partial charge in [0.15, 0.2) is 17.5 Å². The fourth-order valence-corrected chi connectivity index (χ4v) is 5.32. The predicted octanol–water partition coefficient (Wildman–Crippen LogP) is 3.34. The number of nitrogens with zero attached hydrogens (tertiary/aromatic N) is 1. The van der Waals surface area contributed by atoms with Crippen molar-refractivity contribution in [3.05, 3.63) is 17.7 Å². The van der Waals surface area contributed by atoms with Crippen LogP contribution in [-0.2, 0) is 11.3 Å². The van der Waals surface area contributed by atoms with Crippen LogP contribution in [0.3, 0.4) is 0 Å². The molecular weight excluding hydrogens is 497 g/mol. The third-order valence-electron chi connectivity index (χ3n) is 6.82. The van der Waals surface area contributed by atoms with Crippen molar-refractivity contribution < 1.29 is 18.9 Å². The smallest absolute Gasteiger partial charge is 0.203 e. The van der Waals surface area contributed by atoms with Crippen molar-refractivity contribution in [3.8, 4) is 17.2 Å². The maximum absolute atomic E-state index is 6.04. The second kappa shape index (κ2) is 9.80. The van der Waals surface area contributed by atoms with Crippen LogP contribution in [-0.4, -0.2) is 52.6 Å². The van der Waals surface area contributed by atoms with Crippen LogP contribution in [0.2, 0.25) is 0 Å². The number of hydrogen-bond acceptors (Lipinski definition) is 5. The first-order valence-electron chi connectivity index (χ1n) is 10.6. The molecule has 0 radical (unpaired) electrons. The van der Waals surface area contributed by atoms with Gasteiger partial charge in [0.1, 0.15) is 0 Å². The van der Waals surface area contributed by atoms with Crippen LogP contribution in [0.15, 0.2) is 17.1 Å². The van der Waals surface area contributed by atoms with Gasteiger partial charge in [-0.25, -0.2) is 4.99 Å². The summed E-state index contributed by atoms with van der Waals surface area (Å²) in [5.74, 6) is 3.37. The Labute approximate surface area is 196 Å². The number of fused-ring (bicyclic) bond motifs is 2. The topological polar surface area (TPSA) is 73.3 Å². The summed E-state index contributed by atoms with van der Waals surface area (Å²) in [6.07, 6.45) is 5.43. The van der Waals surface area contributed by atoms with Gasteiger partial charge in [0.2, 0.25) is 5.75 Å². The van der Waals surface area contributed by atoms with Crippen molar-refractivity contribution >= 4 is 29.9 Å². The Kier molecular flexibility index (Phi) is 7.60. The lowest BCUT2D eigenvalue weighted by molar-refractivity contribution is -0.171. The van der Waals surface area contributed by atoms with Crippen LogP contribution < -0.4 is 24.8 Å². The van der Waals surface area contributed by atoms with Gasteiger partial charge in [-0.15, -0.1) is 24.0 Å². The fourth-order valence-electron chi connectivity index (χ4n) is 5.32. The Morgan fingerprint density at radius 1 is 1.17 bits per heavy atom. The first-order chi connectivity index (χ1) is 14.2. The molecule has 4 rings (SSSR count). The molecule has 7 nitrogen and oxygen atoms in total. The molecule has 3 unspecified atom stereocenters. The van der Waals surface area contributed by atoms with Gasteiger partial charge in [-0.1, -0.05) is 6.42 Å². The predicted molar refractivity (Wildman–Crippen MR) is 127 cm³/mol. The molecule has 2 aliphatic carbocycles. The maximum atomic E-state index is 6.04. The van der Waals surface area contributed by atoms with Gasteiger partial charge in [-0.2, -0.15) is 0 Å². The molecule has 1 aliphatic heterocycles. The number of ether oxygens (including phenoxy) is 4. The molecule has 1 heterocycles. The van der Waals surface area contributed by atoms with Gasteiger partial charge in [0.05, 0.1) is 34.0 Å². The number of halogens is 1. The number of methoxy groups -OCH3 is 3. The van der Waals surface area contributed by atoms with Crippen molar-refractivity contribution in [2.24, 2.45) is 16.3 Å². The number of aliphatic imine (C=N–C) groups is 1. The summed E-state index contributed by atoms with van der Waals surface area (Å²) >= 11 is 0. The third kappa shape index (κ3) is 3.92. The molecule has 0 bridgehead atoms. The zero-order valence-electron chi connectivity index (χ0n) is 18.3. The summed E-state index contributed by atoms with van der Waals surface area (Å²) in [6.45, 7) is 4.34. The van der Waals surface area contributed by atoms with E-state index in [0.717, 1.165) is 31.1 Å². The molecule has 1 spiro atoms. The van der Waals surface area contributed by atoms with E-state index in [9.17, 15) is 0 Å². The zero-order valence-corrected chi connectivity index (χ0v) is 20.7. The van der Waals surface area contributed by atoms with E-state index in [0.29, 0.717) is 47.3 Å². The Bertz CT molecular complexity index is 744. The highest BCUT2D eigenvalue weighted by atomic mass is 127. The highest BCUT2D eigenvalue weighted by Crippen LogP contribution is 2.62. The number of nitrogens with one attached hydrogen (secondary N) is 2. The SMILES string of the molecule is CCNC(=NCc1cc(OC)c(OC)c(OC)c1)NC1C2CCOC2C12CCC2.I. The van der Waals surface area contributed by atoms with Crippen LogP contribution in [0.5, 0.6) is 17.2 Å². The van der Waals surface area contributed by atoms with Crippen LogP contribution in [0.1, 0.15) is 38.2 Å². The lowest BCUT2D eigenvalue weighted by Gasteiger charge is -2.63. The van der Waals surface area contributed by atoms with Crippen LogP contribution in [0, 0.1) is 11.3 Å². The Hall–Kier alpha value is -1.42. The summed E-state index contributed by atoms with van der Waals surface area (Å²) in [4.78, 5) is 4.85. The summed E-state index contributed by atoms with van der Waals surface area (Å²) in [7, 11) is 4.87. The van der Waals surface area contributed by atoms with Crippen molar-refractivity contribution in [2.75, 3.05) is 34.5 Å². The number of hydrogen-bond donors (Lipinski definition) is 2. The molecule has 0 amide bonds. The Balaban J connectivity index is 0.00000256. The maximum Gasteiger partial charge on any atom is 0.203 e. The van der Waals surface area contributed by atoms with Crippen molar-refractivity contribution in [1.29, 1.82) is 0 Å². The van der Waals surface area contributed by atoms with E-state index in [-0.39, 0.29) is 24.0 Å². The van der Waals surface area contributed by atoms with E-state index in [1.165, 1.54) is 19.3 Å². The van der Waals surface area contributed by atoms with Gasteiger partial charge < -0.3 is 29.6 Å². The molecule has 30 heavy (non-hydrogen) atoms. The van der Waals surface area contributed by atoms with Gasteiger partial charge >= 0.3 is 0 Å². The van der Waals surface area contributed by atoms with E-state index < -0.39 is 0 Å². The molecule has 3 fully saturated rings. The van der Waals surface area contributed by atoms with E-state index in [4.69, 9.17) is 23.9 Å². The summed E-state index contributed by atoms with van der Waals surface area (Å²) in [6, 6.07) is 4.36. The largest absolute Gasteiger partial charge is 0.493 e. The van der Waals surface area contributed by atoms with Crippen molar-refractivity contribution in [2.45, 2.75) is 51.3 Å². The Morgan fingerprint density at radius 2 is 1.87 bits per heavy atom. The average molecular weight is 531 g/mol. The minimum absolute atomic E-state index is 0. The second-order valence-corrected chi connectivity index (χ2v) is 8.18. The molecule has 1 saturated heterocycles. The van der Waals surface area contributed by atoms with Gasteiger partial charge in [0, 0.05) is 30.5 Å². The van der Waals surface area contributed by atoms with Gasteiger partial charge in [-0.05, 0) is 43.9 Å². The number of guanidine groups is 1. The van der Waals surface area contributed by atoms with Gasteiger partial charge in [-0.3, -0.25) is 0 Å². The quantitative estimate of drug-likeness (QED) is 0.320. The van der Waals surface area contributed by atoms with Crippen molar-refractivity contribution in [1.82, 2.24) is 10.6 Å². The second-order valence-electron chi connectivity index (χ2n) is 8.18. The van der Waals surface area contributed by atoms with Gasteiger partial charge in [0.25, 0.3) is 0 Å². The van der Waals surface area contributed by atoms with E-state index in [1.807, 2.05) is 12.1 Å². The molecule has 1 aromatic carbocycles. The molecule has 1 aromatic rings. The van der Waals surface area contributed by atoms with E-state index in [1.54, 1.807) is 21.3 Å². The normalized spacial score (nSPS) is 26.0. The molecule has 8 heteroatoms. The van der Waals surface area contributed by atoms with E-state index in [2.05, 4.69) is 17.6 Å². The zero-order chi connectivity index (χ0) is 20.4. The first kappa shape index (κ1) is 23.2. The molecule has 3 atom stereocenters. The minimum atomic E-state index is 0. The highest BCUT2D eigenvalue weighted by molar-refractivity contribution is 14.0. The summed E-state index contributed by atoms with van der Waals surface area (Å²) < 4.78 is 22.4. The van der Waals surface area contributed by atoms with E-state index >= 15 is 0 Å². The lowest BCUT2D eigenvalue weighted by Crippen LogP contribution is -2.72. The molecule has 2 N–H and O–H groups in total. The molecule has 0 aromatic heterocycles. The van der Waals surface area contributed by atoms with Crippen molar-refractivity contribution in [3.63, 3.8) is 0 Å². The number of rotatable bonds is 7.